The minimum atomic E-state index is -0.732. The zero-order valence-corrected chi connectivity index (χ0v) is 6.88. The number of aromatic nitrogens is 2. The van der Waals surface area contributed by atoms with E-state index in [4.69, 9.17) is 5.11 Å². The quantitative estimate of drug-likeness (QED) is 0.686. The molecule has 2 heterocycles. The van der Waals surface area contributed by atoms with Crippen LogP contribution in [0.15, 0.2) is 10.9 Å². The fraction of sp³-hybridized carbons (Fsp3) is 0.571. The summed E-state index contributed by atoms with van der Waals surface area (Å²) in [6.45, 7) is 1.72. The second kappa shape index (κ2) is 3.14. The highest BCUT2D eigenvalue weighted by atomic mass is 16.5. The Kier molecular flexibility index (Phi) is 1.97. The van der Waals surface area contributed by atoms with Crippen LogP contribution < -0.4 is 0 Å². The van der Waals surface area contributed by atoms with Crippen molar-refractivity contribution in [3.63, 3.8) is 0 Å². The largest absolute Gasteiger partial charge is 0.481 e. The molecule has 1 aromatic rings. The maximum absolute atomic E-state index is 10.5. The molecule has 13 heavy (non-hydrogen) atoms. The van der Waals surface area contributed by atoms with Gasteiger partial charge in [0, 0.05) is 13.1 Å². The molecule has 1 aliphatic heterocycles. The van der Waals surface area contributed by atoms with Gasteiger partial charge in [-0.3, -0.25) is 9.69 Å². The van der Waals surface area contributed by atoms with Crippen LogP contribution in [0.1, 0.15) is 5.82 Å². The van der Waals surface area contributed by atoms with Gasteiger partial charge in [-0.15, -0.1) is 0 Å². The molecule has 1 N–H and O–H groups in total. The van der Waals surface area contributed by atoms with E-state index in [1.807, 2.05) is 4.90 Å². The molecule has 1 fully saturated rings. The molecule has 0 spiro atoms. The number of carboxylic acids is 1. The van der Waals surface area contributed by atoms with Crippen LogP contribution in [0.2, 0.25) is 0 Å². The predicted octanol–water partition coefficient (Wildman–Crippen LogP) is -0.414. The van der Waals surface area contributed by atoms with Crippen molar-refractivity contribution in [3.8, 4) is 0 Å². The first-order valence-electron chi connectivity index (χ1n) is 3.96. The van der Waals surface area contributed by atoms with Crippen LogP contribution in [0.5, 0.6) is 0 Å². The van der Waals surface area contributed by atoms with Crippen molar-refractivity contribution in [2.45, 2.75) is 6.54 Å². The number of carboxylic acid groups (broad SMARTS) is 1. The molecule has 1 aromatic heterocycles. The van der Waals surface area contributed by atoms with Gasteiger partial charge in [-0.2, -0.15) is 4.98 Å². The molecule has 70 valence electrons. The van der Waals surface area contributed by atoms with Crippen LogP contribution in [0, 0.1) is 5.92 Å². The molecule has 0 atom stereocenters. The average Bonchev–Trinajstić information content (AvgIpc) is 2.46. The van der Waals surface area contributed by atoms with Crippen molar-refractivity contribution in [3.05, 3.63) is 12.2 Å². The Morgan fingerprint density at radius 1 is 1.77 bits per heavy atom. The van der Waals surface area contributed by atoms with Crippen molar-refractivity contribution in [1.82, 2.24) is 15.0 Å². The third kappa shape index (κ3) is 1.67. The summed E-state index contributed by atoms with van der Waals surface area (Å²) in [7, 11) is 0. The fourth-order valence-corrected chi connectivity index (χ4v) is 1.32. The molecular formula is C7H9N3O3. The maximum atomic E-state index is 10.5. The third-order valence-electron chi connectivity index (χ3n) is 2.08. The van der Waals surface area contributed by atoms with E-state index in [0.29, 0.717) is 25.5 Å². The number of nitrogens with zero attached hydrogens (tertiary/aromatic N) is 3. The van der Waals surface area contributed by atoms with Crippen LogP contribution in [0.3, 0.4) is 0 Å². The van der Waals surface area contributed by atoms with Gasteiger partial charge in [0.15, 0.2) is 5.82 Å². The molecule has 1 saturated heterocycles. The van der Waals surface area contributed by atoms with E-state index >= 15 is 0 Å². The molecule has 0 aliphatic carbocycles. The van der Waals surface area contributed by atoms with Crippen molar-refractivity contribution < 1.29 is 14.4 Å². The lowest BCUT2D eigenvalue weighted by Gasteiger charge is -2.35. The highest BCUT2D eigenvalue weighted by molar-refractivity contribution is 5.71. The number of hydrogen-bond donors (Lipinski definition) is 1. The SMILES string of the molecule is O=C(O)C1CN(Cc2ncon2)C1. The van der Waals surface area contributed by atoms with Crippen molar-refractivity contribution in [2.75, 3.05) is 13.1 Å². The lowest BCUT2D eigenvalue weighted by Crippen LogP contribution is -2.49. The van der Waals surface area contributed by atoms with Gasteiger partial charge in [0.1, 0.15) is 0 Å². The Labute approximate surface area is 74.2 Å². The van der Waals surface area contributed by atoms with Crippen LogP contribution in [0.25, 0.3) is 0 Å². The Morgan fingerprint density at radius 2 is 2.54 bits per heavy atom. The van der Waals surface area contributed by atoms with Crippen molar-refractivity contribution >= 4 is 5.97 Å². The first kappa shape index (κ1) is 8.18. The zero-order chi connectivity index (χ0) is 9.26. The summed E-state index contributed by atoms with van der Waals surface area (Å²) < 4.78 is 4.55. The topological polar surface area (TPSA) is 79.5 Å². The van der Waals surface area contributed by atoms with Crippen LogP contribution in [-0.2, 0) is 11.3 Å². The monoisotopic (exact) mass is 183 g/mol. The van der Waals surface area contributed by atoms with Gasteiger partial charge in [0.25, 0.3) is 0 Å². The summed E-state index contributed by atoms with van der Waals surface area (Å²) in [5.74, 6) is -0.361. The first-order valence-corrected chi connectivity index (χ1v) is 3.96. The Morgan fingerprint density at radius 3 is 3.08 bits per heavy atom. The Balaban J connectivity index is 1.79. The van der Waals surface area contributed by atoms with Gasteiger partial charge in [0.05, 0.1) is 12.5 Å². The molecule has 1 aliphatic rings. The third-order valence-corrected chi connectivity index (χ3v) is 2.08. The van der Waals surface area contributed by atoms with Crippen LogP contribution in [0.4, 0.5) is 0 Å². The number of carbonyl (C=O) groups is 1. The van der Waals surface area contributed by atoms with Crippen LogP contribution >= 0.6 is 0 Å². The number of likely N-dealkylation sites (tertiary alicyclic amines) is 1. The summed E-state index contributed by atoms with van der Waals surface area (Å²) in [6, 6.07) is 0. The minimum absolute atomic E-state index is 0.230. The van der Waals surface area contributed by atoms with Gasteiger partial charge < -0.3 is 9.63 Å². The highest BCUT2D eigenvalue weighted by Crippen LogP contribution is 2.16. The molecule has 0 aromatic carbocycles. The van der Waals surface area contributed by atoms with Crippen LogP contribution in [-0.4, -0.2) is 39.2 Å². The van der Waals surface area contributed by atoms with Crippen molar-refractivity contribution in [2.24, 2.45) is 5.92 Å². The van der Waals surface area contributed by atoms with Gasteiger partial charge in [-0.05, 0) is 0 Å². The number of hydrogen-bond acceptors (Lipinski definition) is 5. The first-order chi connectivity index (χ1) is 6.25. The summed E-state index contributed by atoms with van der Waals surface area (Å²) in [5.41, 5.74) is 0. The molecule has 0 saturated carbocycles. The average molecular weight is 183 g/mol. The van der Waals surface area contributed by atoms with Crippen molar-refractivity contribution in [1.29, 1.82) is 0 Å². The van der Waals surface area contributed by atoms with E-state index in [1.165, 1.54) is 6.39 Å². The normalized spacial score (nSPS) is 18.5. The number of rotatable bonds is 3. The Bertz CT molecular complexity index is 292. The summed E-state index contributed by atoms with van der Waals surface area (Å²) >= 11 is 0. The zero-order valence-electron chi connectivity index (χ0n) is 6.88. The van der Waals surface area contributed by atoms with Gasteiger partial charge in [0.2, 0.25) is 6.39 Å². The fourth-order valence-electron chi connectivity index (χ4n) is 1.32. The number of aliphatic carboxylic acids is 1. The second-order valence-corrected chi connectivity index (χ2v) is 3.08. The highest BCUT2D eigenvalue weighted by Gasteiger charge is 2.32. The lowest BCUT2D eigenvalue weighted by molar-refractivity contribution is -0.147. The molecule has 0 amide bonds. The lowest BCUT2D eigenvalue weighted by atomic mass is 10.0. The predicted molar refractivity (Wildman–Crippen MR) is 40.7 cm³/mol. The molecule has 0 bridgehead atoms. The Hall–Kier alpha value is -1.43. The standard InChI is InChI=1S/C7H9N3O3/c11-7(12)5-1-10(2-5)3-6-8-4-13-9-6/h4-5H,1-3H2,(H,11,12). The molecule has 2 rings (SSSR count). The maximum Gasteiger partial charge on any atom is 0.309 e. The molecule has 6 nitrogen and oxygen atoms in total. The molecule has 6 heteroatoms. The second-order valence-electron chi connectivity index (χ2n) is 3.08. The smallest absolute Gasteiger partial charge is 0.309 e. The van der Waals surface area contributed by atoms with E-state index in [0.717, 1.165) is 0 Å². The summed E-state index contributed by atoms with van der Waals surface area (Å²) in [5, 5.41) is 12.2. The minimum Gasteiger partial charge on any atom is -0.481 e. The molecule has 0 unspecified atom stereocenters. The van der Waals surface area contributed by atoms with Gasteiger partial charge >= 0.3 is 5.97 Å². The van der Waals surface area contributed by atoms with E-state index in [2.05, 4.69) is 14.7 Å². The molecule has 0 radical (unpaired) electrons. The van der Waals surface area contributed by atoms with E-state index in [1.54, 1.807) is 0 Å². The van der Waals surface area contributed by atoms with E-state index in [9.17, 15) is 4.79 Å². The van der Waals surface area contributed by atoms with Gasteiger partial charge in [-0.25, -0.2) is 0 Å². The molecular weight excluding hydrogens is 174 g/mol. The van der Waals surface area contributed by atoms with E-state index in [-0.39, 0.29) is 5.92 Å². The summed E-state index contributed by atoms with van der Waals surface area (Å²) in [6.07, 6.45) is 1.27. The summed E-state index contributed by atoms with van der Waals surface area (Å²) in [4.78, 5) is 16.3. The van der Waals surface area contributed by atoms with E-state index < -0.39 is 5.97 Å². The van der Waals surface area contributed by atoms with Gasteiger partial charge in [-0.1, -0.05) is 5.16 Å².